The highest BCUT2D eigenvalue weighted by Gasteiger charge is 2.40. The quantitative estimate of drug-likeness (QED) is 0.837. The van der Waals surface area contributed by atoms with Crippen LogP contribution in [0.1, 0.15) is 46.5 Å². The molecule has 0 aromatic rings. The van der Waals surface area contributed by atoms with E-state index in [2.05, 4.69) is 19.2 Å². The Morgan fingerprint density at radius 2 is 1.95 bits per heavy atom. The molecule has 120 valence electrons. The third-order valence-corrected chi connectivity index (χ3v) is 4.47. The maximum atomic E-state index is 12.7. The highest BCUT2D eigenvalue weighted by atomic mass is 16.5. The number of hydrogen-bond donors (Lipinski definition) is 1. The number of nitrogens with one attached hydrogen (secondary N) is 1. The minimum Gasteiger partial charge on any atom is -0.381 e. The van der Waals surface area contributed by atoms with Crippen molar-refractivity contribution in [2.24, 2.45) is 11.8 Å². The van der Waals surface area contributed by atoms with Crippen molar-refractivity contribution in [3.05, 3.63) is 0 Å². The van der Waals surface area contributed by atoms with Crippen molar-refractivity contribution >= 4 is 11.8 Å². The Labute approximate surface area is 127 Å². The normalized spacial score (nSPS) is 28.1. The lowest BCUT2D eigenvalue weighted by Crippen LogP contribution is -2.64. The molecule has 0 bridgehead atoms. The molecule has 0 spiro atoms. The average Bonchev–Trinajstić information content (AvgIpc) is 2.45. The highest BCUT2D eigenvalue weighted by molar-refractivity contribution is 5.96. The Balaban J connectivity index is 2.08. The van der Waals surface area contributed by atoms with Gasteiger partial charge in [-0.3, -0.25) is 9.59 Å². The summed E-state index contributed by atoms with van der Waals surface area (Å²) in [6.45, 7) is 8.36. The zero-order valence-corrected chi connectivity index (χ0v) is 13.4. The van der Waals surface area contributed by atoms with Gasteiger partial charge in [-0.1, -0.05) is 20.8 Å². The van der Waals surface area contributed by atoms with Gasteiger partial charge in [0.1, 0.15) is 12.1 Å². The predicted molar refractivity (Wildman–Crippen MR) is 80.7 cm³/mol. The van der Waals surface area contributed by atoms with Crippen LogP contribution in [0.4, 0.5) is 0 Å². The van der Waals surface area contributed by atoms with Gasteiger partial charge in [0.25, 0.3) is 0 Å². The summed E-state index contributed by atoms with van der Waals surface area (Å²) in [4.78, 5) is 26.8. The van der Waals surface area contributed by atoms with Crippen molar-refractivity contribution in [1.82, 2.24) is 10.2 Å². The largest absolute Gasteiger partial charge is 0.381 e. The Kier molecular flexibility index (Phi) is 5.62. The Bertz CT molecular complexity index is 378. The molecule has 2 saturated heterocycles. The van der Waals surface area contributed by atoms with E-state index >= 15 is 0 Å². The van der Waals surface area contributed by atoms with Gasteiger partial charge in [-0.05, 0) is 37.5 Å². The van der Waals surface area contributed by atoms with Gasteiger partial charge in [0.05, 0.1) is 0 Å². The topological polar surface area (TPSA) is 58.6 Å². The van der Waals surface area contributed by atoms with E-state index in [1.54, 1.807) is 0 Å². The molecular weight excluding hydrogens is 268 g/mol. The molecule has 0 radical (unpaired) electrons. The van der Waals surface area contributed by atoms with Crippen LogP contribution < -0.4 is 5.32 Å². The molecule has 2 aliphatic heterocycles. The minimum atomic E-state index is -0.347. The summed E-state index contributed by atoms with van der Waals surface area (Å²) in [5, 5.41) is 2.91. The molecule has 0 aromatic heterocycles. The predicted octanol–water partition coefficient (Wildman–Crippen LogP) is 1.56. The number of piperazine rings is 1. The smallest absolute Gasteiger partial charge is 0.245 e. The van der Waals surface area contributed by atoms with Crippen LogP contribution in [0.3, 0.4) is 0 Å². The van der Waals surface area contributed by atoms with E-state index in [0.717, 1.165) is 26.1 Å². The molecule has 21 heavy (non-hydrogen) atoms. The van der Waals surface area contributed by atoms with Crippen LogP contribution in [0.15, 0.2) is 0 Å². The first-order valence-electron chi connectivity index (χ1n) is 8.21. The molecule has 5 nitrogen and oxygen atoms in total. The number of ether oxygens (including phenoxy) is 1. The SMILES string of the molecule is CCC1C(=O)NC(CC(C)C)C(=O)N1CC1CCOCC1. The van der Waals surface area contributed by atoms with Gasteiger partial charge in [0, 0.05) is 19.8 Å². The summed E-state index contributed by atoms with van der Waals surface area (Å²) in [6, 6.07) is -0.649. The molecule has 2 heterocycles. The van der Waals surface area contributed by atoms with E-state index in [1.165, 1.54) is 0 Å². The molecule has 0 aromatic carbocycles. The molecular formula is C16H28N2O3. The van der Waals surface area contributed by atoms with E-state index in [4.69, 9.17) is 4.74 Å². The van der Waals surface area contributed by atoms with Gasteiger partial charge >= 0.3 is 0 Å². The summed E-state index contributed by atoms with van der Waals surface area (Å²) in [7, 11) is 0. The molecule has 5 heteroatoms. The van der Waals surface area contributed by atoms with Crippen LogP contribution >= 0.6 is 0 Å². The molecule has 2 aliphatic rings. The van der Waals surface area contributed by atoms with E-state index in [9.17, 15) is 9.59 Å². The Morgan fingerprint density at radius 3 is 2.52 bits per heavy atom. The zero-order valence-electron chi connectivity index (χ0n) is 13.4. The number of rotatable bonds is 5. The van der Waals surface area contributed by atoms with Gasteiger partial charge < -0.3 is 15.0 Å². The van der Waals surface area contributed by atoms with Gasteiger partial charge in [0.15, 0.2) is 0 Å². The van der Waals surface area contributed by atoms with E-state index in [1.807, 2.05) is 11.8 Å². The second-order valence-electron chi connectivity index (χ2n) is 6.66. The van der Waals surface area contributed by atoms with Gasteiger partial charge in [-0.2, -0.15) is 0 Å². The summed E-state index contributed by atoms with van der Waals surface area (Å²) < 4.78 is 5.38. The molecule has 2 fully saturated rings. The molecule has 2 atom stereocenters. The maximum Gasteiger partial charge on any atom is 0.245 e. The first-order valence-corrected chi connectivity index (χ1v) is 8.21. The van der Waals surface area contributed by atoms with Gasteiger partial charge in [-0.25, -0.2) is 0 Å². The lowest BCUT2D eigenvalue weighted by atomic mass is 9.94. The maximum absolute atomic E-state index is 12.7. The van der Waals surface area contributed by atoms with Crippen molar-refractivity contribution in [2.75, 3.05) is 19.8 Å². The van der Waals surface area contributed by atoms with E-state index in [-0.39, 0.29) is 23.9 Å². The van der Waals surface area contributed by atoms with Gasteiger partial charge in [-0.15, -0.1) is 0 Å². The zero-order chi connectivity index (χ0) is 15.4. The van der Waals surface area contributed by atoms with Crippen LogP contribution in [0, 0.1) is 11.8 Å². The molecule has 2 unspecified atom stereocenters. The fourth-order valence-electron chi connectivity index (χ4n) is 3.29. The number of amides is 2. The third kappa shape index (κ3) is 3.96. The minimum absolute atomic E-state index is 0.00908. The number of carbonyl (C=O) groups excluding carboxylic acids is 2. The standard InChI is InChI=1S/C16H28N2O3/c1-4-14-15(19)17-13(9-11(2)3)16(20)18(14)10-12-5-7-21-8-6-12/h11-14H,4-10H2,1-3H3,(H,17,19). The highest BCUT2D eigenvalue weighted by Crippen LogP contribution is 2.23. The number of nitrogens with zero attached hydrogens (tertiary/aromatic N) is 1. The summed E-state index contributed by atoms with van der Waals surface area (Å²) in [6.07, 6.45) is 3.35. The fourth-order valence-corrected chi connectivity index (χ4v) is 3.29. The molecule has 2 rings (SSSR count). The van der Waals surface area contributed by atoms with Crippen molar-refractivity contribution < 1.29 is 14.3 Å². The second kappa shape index (κ2) is 7.25. The summed E-state index contributed by atoms with van der Waals surface area (Å²) in [5.41, 5.74) is 0. The van der Waals surface area contributed by atoms with Crippen molar-refractivity contribution in [1.29, 1.82) is 0 Å². The molecule has 0 aliphatic carbocycles. The molecule has 2 amide bonds. The summed E-state index contributed by atoms with van der Waals surface area (Å²) in [5.74, 6) is 0.959. The monoisotopic (exact) mass is 296 g/mol. The van der Waals surface area contributed by atoms with E-state index in [0.29, 0.717) is 31.2 Å². The Hall–Kier alpha value is -1.10. The number of carbonyl (C=O) groups is 2. The molecule has 1 N–H and O–H groups in total. The van der Waals surface area contributed by atoms with Crippen molar-refractivity contribution in [2.45, 2.75) is 58.5 Å². The lowest BCUT2D eigenvalue weighted by molar-refractivity contribution is -0.151. The number of hydrogen-bond acceptors (Lipinski definition) is 3. The van der Waals surface area contributed by atoms with Crippen LogP contribution in [-0.4, -0.2) is 48.6 Å². The first-order chi connectivity index (χ1) is 10.0. The third-order valence-electron chi connectivity index (χ3n) is 4.47. The average molecular weight is 296 g/mol. The summed E-state index contributed by atoms with van der Waals surface area (Å²) >= 11 is 0. The fraction of sp³-hybridized carbons (Fsp3) is 0.875. The molecule has 0 saturated carbocycles. The lowest BCUT2D eigenvalue weighted by Gasteiger charge is -2.41. The van der Waals surface area contributed by atoms with Crippen molar-refractivity contribution in [3.8, 4) is 0 Å². The van der Waals surface area contributed by atoms with Crippen LogP contribution in [-0.2, 0) is 14.3 Å². The second-order valence-corrected chi connectivity index (χ2v) is 6.66. The van der Waals surface area contributed by atoms with E-state index < -0.39 is 0 Å². The van der Waals surface area contributed by atoms with Crippen LogP contribution in [0.5, 0.6) is 0 Å². The Morgan fingerprint density at radius 1 is 1.29 bits per heavy atom. The van der Waals surface area contributed by atoms with Crippen LogP contribution in [0.25, 0.3) is 0 Å². The van der Waals surface area contributed by atoms with Crippen molar-refractivity contribution in [3.63, 3.8) is 0 Å². The van der Waals surface area contributed by atoms with Crippen LogP contribution in [0.2, 0.25) is 0 Å². The van der Waals surface area contributed by atoms with Gasteiger partial charge in [0.2, 0.25) is 11.8 Å². The first kappa shape index (κ1) is 16.3.